The van der Waals surface area contributed by atoms with E-state index in [2.05, 4.69) is 16.8 Å². The Balaban J connectivity index is 0.00000225. The zero-order valence-electron chi connectivity index (χ0n) is 9.73. The molecule has 0 unspecified atom stereocenters. The van der Waals surface area contributed by atoms with E-state index in [1.165, 1.54) is 4.88 Å². The van der Waals surface area contributed by atoms with Gasteiger partial charge in [-0.3, -0.25) is 4.79 Å². The highest BCUT2D eigenvalue weighted by Gasteiger charge is 2.07. The molecule has 3 nitrogen and oxygen atoms in total. The van der Waals surface area contributed by atoms with Gasteiger partial charge in [0, 0.05) is 31.4 Å². The highest BCUT2D eigenvalue weighted by molar-refractivity contribution is 7.09. The molecule has 5 heteroatoms. The minimum absolute atomic E-state index is 0. The summed E-state index contributed by atoms with van der Waals surface area (Å²) in [6.07, 6.45) is 1.54. The van der Waals surface area contributed by atoms with Crippen LogP contribution < -0.4 is 5.32 Å². The van der Waals surface area contributed by atoms with Gasteiger partial charge in [0.2, 0.25) is 5.91 Å². The third-order valence-corrected chi connectivity index (χ3v) is 3.22. The first-order valence-electron chi connectivity index (χ1n) is 5.15. The number of hydrogen-bond acceptors (Lipinski definition) is 3. The number of rotatable bonds is 6. The zero-order valence-corrected chi connectivity index (χ0v) is 11.4. The van der Waals surface area contributed by atoms with Gasteiger partial charge in [-0.25, -0.2) is 0 Å². The van der Waals surface area contributed by atoms with Crippen LogP contribution in [0.3, 0.4) is 0 Å². The second-order valence-electron chi connectivity index (χ2n) is 3.50. The lowest BCUT2D eigenvalue weighted by Crippen LogP contribution is -2.30. The Bertz CT molecular complexity index is 290. The smallest absolute Gasteiger partial charge is 0.223 e. The Kier molecular flexibility index (Phi) is 8.25. The molecule has 16 heavy (non-hydrogen) atoms. The molecule has 0 spiro atoms. The molecule has 0 aliphatic rings. The predicted octanol–water partition coefficient (Wildman–Crippen LogP) is 1.78. The van der Waals surface area contributed by atoms with E-state index in [1.807, 2.05) is 20.2 Å². The molecule has 1 aromatic heterocycles. The van der Waals surface area contributed by atoms with Crippen LogP contribution in [0.4, 0.5) is 0 Å². The number of hydrogen-bond donors (Lipinski definition) is 1. The fourth-order valence-corrected chi connectivity index (χ4v) is 1.98. The molecule has 0 fully saturated rings. The van der Waals surface area contributed by atoms with E-state index in [-0.39, 0.29) is 18.3 Å². The Morgan fingerprint density at radius 3 is 2.88 bits per heavy atom. The molecule has 92 valence electrons. The summed E-state index contributed by atoms with van der Waals surface area (Å²) in [6, 6.07) is 4.15. The van der Waals surface area contributed by atoms with E-state index in [1.54, 1.807) is 16.2 Å². The quantitative estimate of drug-likeness (QED) is 0.848. The number of nitrogens with zero attached hydrogens (tertiary/aromatic N) is 1. The molecule has 0 bridgehead atoms. The first-order chi connectivity index (χ1) is 7.24. The number of nitrogens with one attached hydrogen (secondary N) is 1. The van der Waals surface area contributed by atoms with Crippen LogP contribution in [0.25, 0.3) is 0 Å². The summed E-state index contributed by atoms with van der Waals surface area (Å²) in [5.41, 5.74) is 0. The summed E-state index contributed by atoms with van der Waals surface area (Å²) >= 11 is 1.74. The lowest BCUT2D eigenvalue weighted by atomic mass is 10.3. The van der Waals surface area contributed by atoms with Crippen molar-refractivity contribution < 1.29 is 4.79 Å². The molecule has 0 aromatic carbocycles. The van der Waals surface area contributed by atoms with Crippen LogP contribution in [0.2, 0.25) is 0 Å². The van der Waals surface area contributed by atoms with E-state index >= 15 is 0 Å². The minimum atomic E-state index is 0. The van der Waals surface area contributed by atoms with Gasteiger partial charge in [-0.05, 0) is 24.9 Å². The van der Waals surface area contributed by atoms with Gasteiger partial charge in [0.1, 0.15) is 0 Å². The summed E-state index contributed by atoms with van der Waals surface area (Å²) in [5.74, 6) is 0.209. The number of carbonyl (C=O) groups is 1. The molecular weight excluding hydrogens is 244 g/mol. The highest BCUT2D eigenvalue weighted by atomic mass is 35.5. The van der Waals surface area contributed by atoms with Gasteiger partial charge in [-0.2, -0.15) is 0 Å². The van der Waals surface area contributed by atoms with Crippen molar-refractivity contribution in [2.45, 2.75) is 12.8 Å². The van der Waals surface area contributed by atoms with Crippen LogP contribution in [0.1, 0.15) is 11.3 Å². The maximum Gasteiger partial charge on any atom is 0.223 e. The van der Waals surface area contributed by atoms with E-state index in [0.29, 0.717) is 6.42 Å². The van der Waals surface area contributed by atoms with Crippen LogP contribution in [-0.2, 0) is 11.2 Å². The second kappa shape index (κ2) is 8.56. The normalized spacial score (nSPS) is 9.62. The second-order valence-corrected chi connectivity index (χ2v) is 4.53. The maximum absolute atomic E-state index is 11.6. The molecule has 1 rings (SSSR count). The number of amides is 1. The topological polar surface area (TPSA) is 32.3 Å². The van der Waals surface area contributed by atoms with Gasteiger partial charge < -0.3 is 10.2 Å². The van der Waals surface area contributed by atoms with E-state index in [4.69, 9.17) is 0 Å². The fourth-order valence-electron chi connectivity index (χ4n) is 1.28. The molecule has 0 aliphatic heterocycles. The van der Waals surface area contributed by atoms with Crippen LogP contribution in [0.5, 0.6) is 0 Å². The summed E-state index contributed by atoms with van der Waals surface area (Å²) in [5, 5.41) is 5.05. The molecule has 1 aromatic rings. The Labute approximate surface area is 107 Å². The van der Waals surface area contributed by atoms with E-state index < -0.39 is 0 Å². The van der Waals surface area contributed by atoms with E-state index in [0.717, 1.165) is 19.5 Å². The van der Waals surface area contributed by atoms with Crippen molar-refractivity contribution in [3.05, 3.63) is 22.4 Å². The lowest BCUT2D eigenvalue weighted by Gasteiger charge is -2.16. The van der Waals surface area contributed by atoms with Crippen molar-refractivity contribution in [1.29, 1.82) is 0 Å². The molecule has 0 saturated heterocycles. The van der Waals surface area contributed by atoms with Crippen LogP contribution in [0, 0.1) is 0 Å². The summed E-state index contributed by atoms with van der Waals surface area (Å²) in [4.78, 5) is 14.7. The Morgan fingerprint density at radius 2 is 2.31 bits per heavy atom. The third-order valence-electron chi connectivity index (χ3n) is 2.29. The van der Waals surface area contributed by atoms with Gasteiger partial charge in [0.15, 0.2) is 0 Å². The SMILES string of the molecule is CNCCC(=O)N(C)CCc1cccs1.Cl. The number of carbonyl (C=O) groups excluding carboxylic acids is 1. The fraction of sp³-hybridized carbons (Fsp3) is 0.545. The Hall–Kier alpha value is -0.580. The highest BCUT2D eigenvalue weighted by Crippen LogP contribution is 2.09. The summed E-state index contributed by atoms with van der Waals surface area (Å²) in [7, 11) is 3.73. The van der Waals surface area contributed by atoms with Gasteiger partial charge in [0.25, 0.3) is 0 Å². The van der Waals surface area contributed by atoms with Gasteiger partial charge in [-0.1, -0.05) is 6.07 Å². The maximum atomic E-state index is 11.6. The average molecular weight is 263 g/mol. The first kappa shape index (κ1) is 15.4. The van der Waals surface area contributed by atoms with E-state index in [9.17, 15) is 4.79 Å². The van der Waals surface area contributed by atoms with Gasteiger partial charge >= 0.3 is 0 Å². The summed E-state index contributed by atoms with van der Waals surface area (Å²) < 4.78 is 0. The number of thiophene rings is 1. The van der Waals surface area contributed by atoms with Crippen LogP contribution in [0.15, 0.2) is 17.5 Å². The third kappa shape index (κ3) is 5.49. The van der Waals surface area contributed by atoms with Crippen LogP contribution >= 0.6 is 23.7 Å². The molecule has 1 N–H and O–H groups in total. The van der Waals surface area contributed by atoms with Crippen molar-refractivity contribution >= 4 is 29.7 Å². The van der Waals surface area contributed by atoms with Gasteiger partial charge in [0.05, 0.1) is 0 Å². The standard InChI is InChI=1S/C11H18N2OS.ClH/c1-12-7-5-11(14)13(2)8-6-10-4-3-9-15-10;/h3-4,9,12H,5-8H2,1-2H3;1H. The molecule has 0 saturated carbocycles. The molecule has 1 amide bonds. The monoisotopic (exact) mass is 262 g/mol. The van der Waals surface area contributed by atoms with Crippen molar-refractivity contribution in [3.8, 4) is 0 Å². The van der Waals surface area contributed by atoms with Crippen molar-refractivity contribution in [2.75, 3.05) is 27.2 Å². The molecular formula is C11H19ClN2OS. The van der Waals surface area contributed by atoms with Crippen LogP contribution in [-0.4, -0.2) is 38.0 Å². The lowest BCUT2D eigenvalue weighted by molar-refractivity contribution is -0.129. The molecule has 0 aliphatic carbocycles. The van der Waals surface area contributed by atoms with Crippen molar-refractivity contribution in [2.24, 2.45) is 0 Å². The minimum Gasteiger partial charge on any atom is -0.345 e. The number of halogens is 1. The Morgan fingerprint density at radius 1 is 1.56 bits per heavy atom. The van der Waals surface area contributed by atoms with Crippen molar-refractivity contribution in [1.82, 2.24) is 10.2 Å². The summed E-state index contributed by atoms with van der Waals surface area (Å²) in [6.45, 7) is 1.56. The molecule has 0 atom stereocenters. The first-order valence-corrected chi connectivity index (χ1v) is 6.03. The predicted molar refractivity (Wildman–Crippen MR) is 71.5 cm³/mol. The molecule has 1 heterocycles. The molecule has 0 radical (unpaired) electrons. The zero-order chi connectivity index (χ0) is 11.1. The average Bonchev–Trinajstić information content (AvgIpc) is 2.75. The van der Waals surface area contributed by atoms with Crippen molar-refractivity contribution in [3.63, 3.8) is 0 Å². The number of likely N-dealkylation sites (N-methyl/N-ethyl adjacent to an activating group) is 1. The van der Waals surface area contributed by atoms with Gasteiger partial charge in [-0.15, -0.1) is 23.7 Å². The largest absolute Gasteiger partial charge is 0.345 e.